The molecule has 0 aliphatic heterocycles. The molecule has 5 N–H and O–H groups in total. The van der Waals surface area contributed by atoms with Crippen LogP contribution in [0.15, 0.2) is 0 Å². The number of ether oxygens (including phenoxy) is 1. The molecule has 26 heavy (non-hydrogen) atoms. The van der Waals surface area contributed by atoms with Crippen LogP contribution in [0.5, 0.6) is 0 Å². The summed E-state index contributed by atoms with van der Waals surface area (Å²) in [5.41, 5.74) is 9.85. The van der Waals surface area contributed by atoms with E-state index in [4.69, 9.17) is 15.6 Å². The fourth-order valence-corrected chi connectivity index (χ4v) is 2.53. The molecule has 0 aliphatic rings. The Kier molecular flexibility index (Phi) is 24.9. The van der Waals surface area contributed by atoms with Gasteiger partial charge in [0.1, 0.15) is 6.61 Å². The van der Waals surface area contributed by atoms with Gasteiger partial charge in [0.2, 0.25) is 0 Å². The van der Waals surface area contributed by atoms with Crippen molar-refractivity contribution in [3.05, 3.63) is 0 Å². The highest BCUT2D eigenvalue weighted by Crippen LogP contribution is 2.13. The first kappa shape index (κ1) is 27.1. The predicted molar refractivity (Wildman–Crippen MR) is 107 cm³/mol. The monoisotopic (exact) mass is 374 g/mol. The third-order valence-electron chi connectivity index (χ3n) is 4.04. The minimum atomic E-state index is -0.968. The number of aliphatic carboxylic acids is 1. The number of esters is 1. The second-order valence-electron chi connectivity index (χ2n) is 6.60. The van der Waals surface area contributed by atoms with E-state index >= 15 is 0 Å². The van der Waals surface area contributed by atoms with E-state index in [1.54, 1.807) is 0 Å². The number of unbranched alkanes of at least 4 members (excludes halogenated alkanes) is 12. The fourth-order valence-electron chi connectivity index (χ4n) is 2.53. The van der Waals surface area contributed by atoms with Gasteiger partial charge in [0.05, 0.1) is 6.54 Å². The van der Waals surface area contributed by atoms with E-state index in [9.17, 15) is 9.59 Å². The summed E-state index contributed by atoms with van der Waals surface area (Å²) in [7, 11) is 0. The summed E-state index contributed by atoms with van der Waals surface area (Å²) in [6, 6.07) is 0. The quantitative estimate of drug-likeness (QED) is 0.262. The van der Waals surface area contributed by atoms with Gasteiger partial charge < -0.3 is 21.3 Å². The first-order valence-electron chi connectivity index (χ1n) is 10.4. The van der Waals surface area contributed by atoms with E-state index in [1.165, 1.54) is 70.6 Å². The molecule has 0 unspecified atom stereocenters. The zero-order valence-electron chi connectivity index (χ0n) is 16.8. The zero-order chi connectivity index (χ0) is 19.9. The Morgan fingerprint density at radius 3 is 1.50 bits per heavy atom. The van der Waals surface area contributed by atoms with E-state index in [-0.39, 0.29) is 12.5 Å². The molecule has 0 bridgehead atoms. The average Bonchev–Trinajstić information content (AvgIpc) is 2.64. The predicted octanol–water partition coefficient (Wildman–Crippen LogP) is 4.00. The van der Waals surface area contributed by atoms with Gasteiger partial charge in [-0.15, -0.1) is 0 Å². The lowest BCUT2D eigenvalue weighted by atomic mass is 10.0. The molecule has 0 radical (unpaired) electrons. The first-order valence-corrected chi connectivity index (χ1v) is 10.4. The maximum absolute atomic E-state index is 11.2. The van der Waals surface area contributed by atoms with Crippen LogP contribution in [-0.4, -0.2) is 36.7 Å². The molecule has 0 amide bonds. The van der Waals surface area contributed by atoms with Crippen molar-refractivity contribution in [2.24, 2.45) is 11.5 Å². The van der Waals surface area contributed by atoms with E-state index in [0.717, 1.165) is 12.8 Å². The minimum absolute atomic E-state index is 0.0940. The van der Waals surface area contributed by atoms with Gasteiger partial charge in [0.25, 0.3) is 0 Å². The lowest BCUT2D eigenvalue weighted by Crippen LogP contribution is -2.13. The summed E-state index contributed by atoms with van der Waals surface area (Å²) in [5, 5.41) is 7.60. The van der Waals surface area contributed by atoms with Crippen molar-refractivity contribution >= 4 is 11.9 Å². The average molecular weight is 375 g/mol. The second-order valence-corrected chi connectivity index (χ2v) is 6.60. The molecule has 0 saturated carbocycles. The van der Waals surface area contributed by atoms with E-state index in [0.29, 0.717) is 19.6 Å². The van der Waals surface area contributed by atoms with Crippen molar-refractivity contribution < 1.29 is 19.4 Å². The van der Waals surface area contributed by atoms with Crippen molar-refractivity contribution in [3.8, 4) is 0 Å². The minimum Gasteiger partial charge on any atom is -0.480 e. The molecule has 6 nitrogen and oxygen atoms in total. The zero-order valence-corrected chi connectivity index (χ0v) is 16.8. The maximum Gasteiger partial charge on any atom is 0.317 e. The molecule has 0 saturated heterocycles. The third kappa shape index (κ3) is 27.7. The molecule has 0 aromatic heterocycles. The van der Waals surface area contributed by atoms with Crippen molar-refractivity contribution in [1.82, 2.24) is 0 Å². The number of rotatable bonds is 17. The van der Waals surface area contributed by atoms with E-state index in [1.807, 2.05) is 0 Å². The molecule has 0 aromatic carbocycles. The Bertz CT molecular complexity index is 312. The Balaban J connectivity index is 0. The summed E-state index contributed by atoms with van der Waals surface area (Å²) in [5.74, 6) is -1.06. The van der Waals surface area contributed by atoms with Gasteiger partial charge in [-0.05, 0) is 6.42 Å². The summed E-state index contributed by atoms with van der Waals surface area (Å²) >= 11 is 0. The molecule has 156 valence electrons. The standard InChI is InChI=1S/C18H37NO2.C2H5NO2/c1-2-3-4-5-6-7-8-9-10-11-12-13-14-15-18(20)21-17-16-19;3-1-2(4)5/h2-17,19H2,1H3;1,3H2,(H,4,5). The molecule has 6 heteroatoms. The van der Waals surface area contributed by atoms with Gasteiger partial charge in [0, 0.05) is 13.0 Å². The molecule has 0 fully saturated rings. The summed E-state index contributed by atoms with van der Waals surface area (Å²) in [4.78, 5) is 20.5. The summed E-state index contributed by atoms with van der Waals surface area (Å²) < 4.78 is 4.93. The third-order valence-corrected chi connectivity index (χ3v) is 4.04. The maximum atomic E-state index is 11.2. The Morgan fingerprint density at radius 1 is 0.769 bits per heavy atom. The second kappa shape index (κ2) is 23.9. The molecular formula is C20H42N2O4. The van der Waals surface area contributed by atoms with Crippen LogP contribution in [0.1, 0.15) is 96.8 Å². The number of nitrogens with two attached hydrogens (primary N) is 2. The highest BCUT2D eigenvalue weighted by Gasteiger charge is 2.01. The SMILES string of the molecule is CCCCCCCCCCCCCCCC(=O)OCCN.NCC(=O)O. The molecule has 0 heterocycles. The topological polar surface area (TPSA) is 116 Å². The van der Waals surface area contributed by atoms with Gasteiger partial charge in [-0.2, -0.15) is 0 Å². The molecular weight excluding hydrogens is 332 g/mol. The van der Waals surface area contributed by atoms with Crippen LogP contribution in [0.4, 0.5) is 0 Å². The highest BCUT2D eigenvalue weighted by molar-refractivity contribution is 5.69. The van der Waals surface area contributed by atoms with Crippen LogP contribution in [0.25, 0.3) is 0 Å². The van der Waals surface area contributed by atoms with Gasteiger partial charge in [-0.3, -0.25) is 9.59 Å². The number of carbonyl (C=O) groups is 2. The lowest BCUT2D eigenvalue weighted by molar-refractivity contribution is -0.143. The van der Waals surface area contributed by atoms with E-state index < -0.39 is 5.97 Å². The molecule has 0 aromatic rings. The Labute approximate surface area is 160 Å². The van der Waals surface area contributed by atoms with Gasteiger partial charge >= 0.3 is 11.9 Å². The number of hydrogen-bond acceptors (Lipinski definition) is 5. The molecule has 0 atom stereocenters. The van der Waals surface area contributed by atoms with Crippen LogP contribution in [-0.2, 0) is 14.3 Å². The Hall–Kier alpha value is -1.14. The molecule has 0 aliphatic carbocycles. The van der Waals surface area contributed by atoms with Crippen LogP contribution >= 0.6 is 0 Å². The highest BCUT2D eigenvalue weighted by atomic mass is 16.5. The molecule has 0 rings (SSSR count). The summed E-state index contributed by atoms with van der Waals surface area (Å²) in [6.45, 7) is 2.77. The lowest BCUT2D eigenvalue weighted by Gasteiger charge is -2.04. The van der Waals surface area contributed by atoms with Gasteiger partial charge in [0.15, 0.2) is 0 Å². The van der Waals surface area contributed by atoms with Gasteiger partial charge in [-0.1, -0.05) is 84.0 Å². The summed E-state index contributed by atoms with van der Waals surface area (Å²) in [6.07, 6.45) is 17.8. The Morgan fingerprint density at radius 2 is 1.15 bits per heavy atom. The largest absolute Gasteiger partial charge is 0.480 e. The van der Waals surface area contributed by atoms with Crippen LogP contribution in [0.3, 0.4) is 0 Å². The normalized spacial score (nSPS) is 10.1. The van der Waals surface area contributed by atoms with Crippen LogP contribution in [0, 0.1) is 0 Å². The van der Waals surface area contributed by atoms with Crippen LogP contribution < -0.4 is 11.5 Å². The number of carboxylic acid groups (broad SMARTS) is 1. The number of carboxylic acids is 1. The fraction of sp³-hybridized carbons (Fsp3) is 0.900. The van der Waals surface area contributed by atoms with E-state index in [2.05, 4.69) is 12.7 Å². The van der Waals surface area contributed by atoms with Crippen molar-refractivity contribution in [2.75, 3.05) is 19.7 Å². The molecule has 0 spiro atoms. The van der Waals surface area contributed by atoms with Gasteiger partial charge in [-0.25, -0.2) is 0 Å². The van der Waals surface area contributed by atoms with Crippen molar-refractivity contribution in [2.45, 2.75) is 96.8 Å². The smallest absolute Gasteiger partial charge is 0.317 e. The first-order chi connectivity index (χ1) is 12.6. The number of carbonyl (C=O) groups excluding carboxylic acids is 1. The van der Waals surface area contributed by atoms with Crippen molar-refractivity contribution in [1.29, 1.82) is 0 Å². The number of hydrogen-bond donors (Lipinski definition) is 3. The van der Waals surface area contributed by atoms with Crippen LogP contribution in [0.2, 0.25) is 0 Å². The van der Waals surface area contributed by atoms with Crippen molar-refractivity contribution in [3.63, 3.8) is 0 Å².